The van der Waals surface area contributed by atoms with E-state index in [9.17, 15) is 8.42 Å². The third kappa shape index (κ3) is 2.28. The summed E-state index contributed by atoms with van der Waals surface area (Å²) in [5.74, 6) is 0.111. The lowest BCUT2D eigenvalue weighted by Gasteiger charge is -2.13. The molecule has 1 aliphatic carbocycles. The third-order valence-corrected chi connectivity index (χ3v) is 4.89. The normalized spacial score (nSPS) is 19.8. The van der Waals surface area contributed by atoms with Gasteiger partial charge in [0.05, 0.1) is 5.75 Å². The van der Waals surface area contributed by atoms with E-state index in [-0.39, 0.29) is 11.8 Å². The number of fused-ring (bicyclic) bond motifs is 1. The molecular weight excluding hydrogens is 292 g/mol. The van der Waals surface area contributed by atoms with Gasteiger partial charge in [0.25, 0.3) is 0 Å². The maximum Gasteiger partial charge on any atom is 0.211 e. The molecule has 2 rings (SSSR count). The molecule has 6 heteroatoms. The number of aromatic nitrogens is 1. The number of hydrogen-bond acceptors (Lipinski definition) is 3. The Morgan fingerprint density at radius 2 is 2.31 bits per heavy atom. The van der Waals surface area contributed by atoms with Crippen molar-refractivity contribution >= 4 is 26.0 Å². The molecule has 0 aromatic carbocycles. The minimum absolute atomic E-state index is 0.111. The second-order valence-corrected chi connectivity index (χ2v) is 6.70. The summed E-state index contributed by atoms with van der Waals surface area (Å²) in [6, 6.07) is -0.120. The molecule has 0 saturated heterocycles. The molecule has 0 radical (unpaired) electrons. The maximum atomic E-state index is 11.5. The quantitative estimate of drug-likeness (QED) is 0.926. The van der Waals surface area contributed by atoms with Crippen molar-refractivity contribution in [3.63, 3.8) is 0 Å². The van der Waals surface area contributed by atoms with Gasteiger partial charge in [-0.15, -0.1) is 0 Å². The Bertz CT molecular complexity index is 502. The molecular formula is C10H13BrN2O2S. The van der Waals surface area contributed by atoms with E-state index in [4.69, 9.17) is 0 Å². The summed E-state index contributed by atoms with van der Waals surface area (Å²) in [6.07, 6.45) is 5.18. The largest absolute Gasteiger partial charge is 0.263 e. The van der Waals surface area contributed by atoms with Crippen molar-refractivity contribution in [1.29, 1.82) is 0 Å². The van der Waals surface area contributed by atoms with Gasteiger partial charge in [0.1, 0.15) is 0 Å². The van der Waals surface area contributed by atoms with Gasteiger partial charge in [0, 0.05) is 22.9 Å². The first-order valence-electron chi connectivity index (χ1n) is 5.16. The molecule has 0 bridgehead atoms. The molecule has 0 spiro atoms. The van der Waals surface area contributed by atoms with Crippen LogP contribution in [0.4, 0.5) is 0 Å². The van der Waals surface area contributed by atoms with Crippen molar-refractivity contribution in [2.24, 2.45) is 0 Å². The number of sulfonamides is 1. The summed E-state index contributed by atoms with van der Waals surface area (Å²) < 4.78 is 26.7. The fourth-order valence-electron chi connectivity index (χ4n) is 1.91. The highest BCUT2D eigenvalue weighted by atomic mass is 79.9. The van der Waals surface area contributed by atoms with Crippen LogP contribution in [-0.4, -0.2) is 19.2 Å². The first-order chi connectivity index (χ1) is 7.53. The van der Waals surface area contributed by atoms with Crippen LogP contribution in [0, 0.1) is 0 Å². The molecule has 1 atom stereocenters. The fourth-order valence-corrected chi connectivity index (χ4v) is 3.30. The Balaban J connectivity index is 2.28. The molecule has 1 heterocycles. The van der Waals surface area contributed by atoms with Gasteiger partial charge in [0.2, 0.25) is 10.0 Å². The van der Waals surface area contributed by atoms with Crippen molar-refractivity contribution in [3.8, 4) is 0 Å². The lowest BCUT2D eigenvalue weighted by atomic mass is 10.1. The van der Waals surface area contributed by atoms with Crippen molar-refractivity contribution in [2.45, 2.75) is 25.8 Å². The summed E-state index contributed by atoms with van der Waals surface area (Å²) in [5.41, 5.74) is 2.16. The number of halogens is 1. The minimum Gasteiger partial charge on any atom is -0.263 e. The molecule has 0 amide bonds. The standard InChI is InChI=1S/C10H13BrN2O2S/c1-2-16(14,15)13-10-4-3-7-8(10)5-12-6-9(7)11/h5-6,10,13H,2-4H2,1H3/t10-/m1/s1. The van der Waals surface area contributed by atoms with Crippen molar-refractivity contribution in [2.75, 3.05) is 5.75 Å². The van der Waals surface area contributed by atoms with E-state index in [2.05, 4.69) is 25.6 Å². The van der Waals surface area contributed by atoms with E-state index in [1.165, 1.54) is 5.56 Å². The zero-order chi connectivity index (χ0) is 11.8. The predicted octanol–water partition coefficient (Wildman–Crippen LogP) is 1.77. The number of nitrogens with zero attached hydrogens (tertiary/aromatic N) is 1. The molecule has 1 aromatic rings. The van der Waals surface area contributed by atoms with Crippen LogP contribution in [0.3, 0.4) is 0 Å². The maximum absolute atomic E-state index is 11.5. The lowest BCUT2D eigenvalue weighted by Crippen LogP contribution is -2.28. The number of hydrogen-bond donors (Lipinski definition) is 1. The molecule has 88 valence electrons. The molecule has 0 saturated carbocycles. The first-order valence-corrected chi connectivity index (χ1v) is 7.60. The second kappa shape index (κ2) is 4.43. The lowest BCUT2D eigenvalue weighted by molar-refractivity contribution is 0.555. The second-order valence-electron chi connectivity index (χ2n) is 3.80. The Kier molecular flexibility index (Phi) is 3.32. The van der Waals surface area contributed by atoms with Crippen LogP contribution >= 0.6 is 15.9 Å². The van der Waals surface area contributed by atoms with E-state index in [0.717, 1.165) is 22.9 Å². The molecule has 1 aromatic heterocycles. The molecule has 0 aliphatic heterocycles. The Morgan fingerprint density at radius 3 is 3.00 bits per heavy atom. The van der Waals surface area contributed by atoms with E-state index >= 15 is 0 Å². The summed E-state index contributed by atoms with van der Waals surface area (Å²) >= 11 is 3.43. The molecule has 0 unspecified atom stereocenters. The van der Waals surface area contributed by atoms with Crippen LogP contribution in [0.5, 0.6) is 0 Å². The van der Waals surface area contributed by atoms with Crippen LogP contribution < -0.4 is 4.72 Å². The highest BCUT2D eigenvalue weighted by Gasteiger charge is 2.27. The van der Waals surface area contributed by atoms with Gasteiger partial charge in [0.15, 0.2) is 0 Å². The van der Waals surface area contributed by atoms with E-state index in [0.29, 0.717) is 0 Å². The van der Waals surface area contributed by atoms with Gasteiger partial charge >= 0.3 is 0 Å². The van der Waals surface area contributed by atoms with E-state index in [1.807, 2.05) is 0 Å². The van der Waals surface area contributed by atoms with E-state index < -0.39 is 10.0 Å². The average molecular weight is 305 g/mol. The van der Waals surface area contributed by atoms with Crippen LogP contribution in [0.25, 0.3) is 0 Å². The monoisotopic (exact) mass is 304 g/mol. The SMILES string of the molecule is CCS(=O)(=O)N[C@@H]1CCc2c(Br)cncc21. The summed E-state index contributed by atoms with van der Waals surface area (Å²) in [6.45, 7) is 1.64. The first kappa shape index (κ1) is 12.0. The fraction of sp³-hybridized carbons (Fsp3) is 0.500. The zero-order valence-corrected chi connectivity index (χ0v) is 11.3. The van der Waals surface area contributed by atoms with Gasteiger partial charge in [-0.1, -0.05) is 0 Å². The van der Waals surface area contributed by atoms with E-state index in [1.54, 1.807) is 19.3 Å². The topological polar surface area (TPSA) is 59.1 Å². The summed E-state index contributed by atoms with van der Waals surface area (Å²) in [5, 5.41) is 0. The molecule has 0 fully saturated rings. The number of nitrogens with one attached hydrogen (secondary N) is 1. The van der Waals surface area contributed by atoms with Gasteiger partial charge in [-0.05, 0) is 46.8 Å². The summed E-state index contributed by atoms with van der Waals surface area (Å²) in [4.78, 5) is 4.08. The van der Waals surface area contributed by atoms with Crippen molar-refractivity contribution in [3.05, 3.63) is 28.0 Å². The number of rotatable bonds is 3. The van der Waals surface area contributed by atoms with Crippen molar-refractivity contribution in [1.82, 2.24) is 9.71 Å². The van der Waals surface area contributed by atoms with Crippen LogP contribution in [0.15, 0.2) is 16.9 Å². The smallest absolute Gasteiger partial charge is 0.211 e. The molecule has 4 nitrogen and oxygen atoms in total. The minimum atomic E-state index is -3.15. The number of pyridine rings is 1. The van der Waals surface area contributed by atoms with Crippen LogP contribution in [-0.2, 0) is 16.4 Å². The van der Waals surface area contributed by atoms with Crippen molar-refractivity contribution < 1.29 is 8.42 Å². The van der Waals surface area contributed by atoms with Gasteiger partial charge in [-0.2, -0.15) is 0 Å². The molecule has 1 aliphatic rings. The highest BCUT2D eigenvalue weighted by Crippen LogP contribution is 2.35. The highest BCUT2D eigenvalue weighted by molar-refractivity contribution is 9.10. The summed E-state index contributed by atoms with van der Waals surface area (Å²) in [7, 11) is -3.15. The van der Waals surface area contributed by atoms with Gasteiger partial charge in [-0.25, -0.2) is 13.1 Å². The zero-order valence-electron chi connectivity index (χ0n) is 8.90. The Labute approximate surface area is 104 Å². The Hall–Kier alpha value is -0.460. The van der Waals surface area contributed by atoms with Crippen LogP contribution in [0.2, 0.25) is 0 Å². The Morgan fingerprint density at radius 1 is 1.56 bits per heavy atom. The van der Waals surface area contributed by atoms with Crippen LogP contribution in [0.1, 0.15) is 30.5 Å². The molecule has 1 N–H and O–H groups in total. The predicted molar refractivity (Wildman–Crippen MR) is 65.6 cm³/mol. The average Bonchev–Trinajstić information content (AvgIpc) is 2.63. The molecule has 16 heavy (non-hydrogen) atoms. The van der Waals surface area contributed by atoms with Gasteiger partial charge in [-0.3, -0.25) is 4.98 Å². The third-order valence-electron chi connectivity index (χ3n) is 2.80. The van der Waals surface area contributed by atoms with Gasteiger partial charge < -0.3 is 0 Å².